The van der Waals surface area contributed by atoms with Crippen LogP contribution in [0.25, 0.3) is 0 Å². The summed E-state index contributed by atoms with van der Waals surface area (Å²) in [7, 11) is -2.98. The number of fused-ring (bicyclic) bond motifs is 5. The Balaban J connectivity index is 1.30. The zero-order valence-electron chi connectivity index (χ0n) is 22.0. The summed E-state index contributed by atoms with van der Waals surface area (Å²) in [5.74, 6) is 5.88. The highest BCUT2D eigenvalue weighted by Crippen LogP contribution is 2.70. The summed E-state index contributed by atoms with van der Waals surface area (Å²) in [6.45, 7) is 13.6. The van der Waals surface area contributed by atoms with Crippen LogP contribution in [0, 0.1) is 52.3 Å². The van der Waals surface area contributed by atoms with Gasteiger partial charge in [-0.1, -0.05) is 60.0 Å². The Morgan fingerprint density at radius 3 is 2.39 bits per heavy atom. The molecule has 1 aliphatic heterocycles. The van der Waals surface area contributed by atoms with E-state index in [4.69, 9.17) is 9.05 Å². The van der Waals surface area contributed by atoms with Gasteiger partial charge in [0.1, 0.15) is 0 Å². The number of allylic oxidation sites excluding steroid dienone is 2. The molecule has 4 heteroatoms. The molecule has 5 aliphatic rings. The van der Waals surface area contributed by atoms with Crippen molar-refractivity contribution in [3.63, 3.8) is 0 Å². The Morgan fingerprint density at radius 2 is 1.67 bits per heavy atom. The maximum atomic E-state index is 13.1. The molecule has 0 aromatic rings. The lowest BCUT2D eigenvalue weighted by atomic mass is 9.45. The number of rotatable bonds is 6. The molecular weight excluding hydrogens is 427 g/mol. The Hall–Kier alpha value is -0.110. The first kappa shape index (κ1) is 24.6. The summed E-state index contributed by atoms with van der Waals surface area (Å²) in [5, 5.41) is 0.998. The normalized spacial score (nSPS) is 45.3. The van der Waals surface area contributed by atoms with E-state index in [2.05, 4.69) is 40.7 Å². The van der Waals surface area contributed by atoms with Crippen molar-refractivity contribution in [2.45, 2.75) is 105 Å². The second kappa shape index (κ2) is 9.08. The summed E-state index contributed by atoms with van der Waals surface area (Å²) in [4.78, 5) is 0. The van der Waals surface area contributed by atoms with Gasteiger partial charge >= 0.3 is 7.60 Å². The summed E-state index contributed by atoms with van der Waals surface area (Å²) in [5.41, 5.74) is 0.932. The first-order valence-corrected chi connectivity index (χ1v) is 15.8. The lowest BCUT2D eigenvalue weighted by molar-refractivity contribution is -0.0959. The van der Waals surface area contributed by atoms with Crippen LogP contribution in [0.15, 0.2) is 11.4 Å². The highest BCUT2D eigenvalue weighted by atomic mass is 31.2. The van der Waals surface area contributed by atoms with E-state index in [0.29, 0.717) is 30.0 Å². The zero-order valence-corrected chi connectivity index (χ0v) is 22.9. The molecular formula is C29H49O3P. The maximum absolute atomic E-state index is 13.1. The van der Waals surface area contributed by atoms with E-state index in [0.717, 1.165) is 47.2 Å². The quantitative estimate of drug-likeness (QED) is 0.359. The van der Waals surface area contributed by atoms with Crippen LogP contribution in [0.3, 0.4) is 0 Å². The van der Waals surface area contributed by atoms with Crippen LogP contribution >= 0.6 is 7.60 Å². The Labute approximate surface area is 203 Å². The molecule has 0 aromatic heterocycles. The van der Waals surface area contributed by atoms with Crippen molar-refractivity contribution in [2.24, 2.45) is 52.3 Å². The van der Waals surface area contributed by atoms with Gasteiger partial charge in [-0.2, -0.15) is 0 Å². The second-order valence-electron chi connectivity index (χ2n) is 13.4. The summed E-state index contributed by atoms with van der Waals surface area (Å²) in [6.07, 6.45) is 17.1. The van der Waals surface area contributed by atoms with Crippen LogP contribution in [0.2, 0.25) is 0 Å². The topological polar surface area (TPSA) is 35.5 Å². The molecule has 0 aromatic carbocycles. The fourth-order valence-corrected chi connectivity index (χ4v) is 11.4. The van der Waals surface area contributed by atoms with Crippen LogP contribution in [0.1, 0.15) is 105 Å². The number of hydrogen-bond acceptors (Lipinski definition) is 3. The first-order valence-electron chi connectivity index (χ1n) is 14.3. The Kier molecular flexibility index (Phi) is 6.76. The molecule has 4 aliphatic carbocycles. The van der Waals surface area contributed by atoms with Gasteiger partial charge in [-0.05, 0) is 104 Å². The molecule has 1 saturated heterocycles. The predicted molar refractivity (Wildman–Crippen MR) is 136 cm³/mol. The lowest BCUT2D eigenvalue weighted by Crippen LogP contribution is -2.52. The van der Waals surface area contributed by atoms with Crippen molar-refractivity contribution in [3.05, 3.63) is 11.4 Å². The number of hydrogen-bond donors (Lipinski definition) is 0. The van der Waals surface area contributed by atoms with Gasteiger partial charge in [0.25, 0.3) is 0 Å². The van der Waals surface area contributed by atoms with Crippen molar-refractivity contribution in [1.29, 1.82) is 0 Å². The largest absolute Gasteiger partial charge is 0.357 e. The molecule has 3 saturated carbocycles. The highest BCUT2D eigenvalue weighted by Gasteiger charge is 2.60. The van der Waals surface area contributed by atoms with Crippen molar-refractivity contribution in [1.82, 2.24) is 0 Å². The molecule has 33 heavy (non-hydrogen) atoms. The monoisotopic (exact) mass is 476 g/mol. The maximum Gasteiger partial charge on any atom is 0.357 e. The minimum atomic E-state index is -2.98. The molecule has 4 fully saturated rings. The molecule has 188 valence electrons. The molecule has 0 N–H and O–H groups in total. The van der Waals surface area contributed by atoms with E-state index in [1.54, 1.807) is 0 Å². The summed E-state index contributed by atoms with van der Waals surface area (Å²) < 4.78 is 24.3. The van der Waals surface area contributed by atoms with E-state index in [1.807, 2.05) is 0 Å². The van der Waals surface area contributed by atoms with Crippen LogP contribution in [0.5, 0.6) is 0 Å². The van der Waals surface area contributed by atoms with Crippen LogP contribution < -0.4 is 0 Å². The van der Waals surface area contributed by atoms with E-state index >= 15 is 0 Å². The summed E-state index contributed by atoms with van der Waals surface area (Å²) in [6, 6.07) is 0. The molecule has 1 heterocycles. The van der Waals surface area contributed by atoms with Crippen molar-refractivity contribution in [3.8, 4) is 0 Å². The van der Waals surface area contributed by atoms with E-state index in [9.17, 15) is 4.57 Å². The van der Waals surface area contributed by atoms with Crippen molar-refractivity contribution < 1.29 is 13.6 Å². The van der Waals surface area contributed by atoms with E-state index < -0.39 is 7.60 Å². The van der Waals surface area contributed by atoms with Gasteiger partial charge in [-0.3, -0.25) is 4.57 Å². The molecule has 0 bridgehead atoms. The molecule has 0 spiro atoms. The Bertz CT molecular complexity index is 795. The third-order valence-corrected chi connectivity index (χ3v) is 13.5. The molecule has 3 nitrogen and oxygen atoms in total. The van der Waals surface area contributed by atoms with Gasteiger partial charge < -0.3 is 9.05 Å². The molecule has 0 radical (unpaired) electrons. The minimum absolute atomic E-state index is 0.369. The molecule has 5 rings (SSSR count). The standard InChI is InChI=1S/C29H49O3P/c1-20(2)7-6-8-21(3)25-11-12-26-24-10-9-22-19-23(33(30)31-17-18-32-33)13-15-28(22,4)27(24)14-16-29(25,26)5/h19-22,24-27H,6-18H2,1-5H3/t21-,22?,24?,25-,26?,27?,28+,29-/m1/s1. The summed E-state index contributed by atoms with van der Waals surface area (Å²) >= 11 is 0. The fourth-order valence-electron chi connectivity index (χ4n) is 9.61. The van der Waals surface area contributed by atoms with Gasteiger partial charge in [-0.25, -0.2) is 0 Å². The van der Waals surface area contributed by atoms with Gasteiger partial charge in [0, 0.05) is 5.31 Å². The molecule has 4 unspecified atom stereocenters. The van der Waals surface area contributed by atoms with Gasteiger partial charge in [0.15, 0.2) is 0 Å². The Morgan fingerprint density at radius 1 is 0.939 bits per heavy atom. The van der Waals surface area contributed by atoms with Crippen LogP contribution in [-0.4, -0.2) is 13.2 Å². The first-order chi connectivity index (χ1) is 15.7. The smallest absolute Gasteiger partial charge is 0.303 e. The second-order valence-corrected chi connectivity index (χ2v) is 15.5. The predicted octanol–water partition coefficient (Wildman–Crippen LogP) is 8.84. The van der Waals surface area contributed by atoms with Gasteiger partial charge in [0.05, 0.1) is 13.2 Å². The van der Waals surface area contributed by atoms with Gasteiger partial charge in [-0.15, -0.1) is 0 Å². The third-order valence-electron chi connectivity index (χ3n) is 11.4. The van der Waals surface area contributed by atoms with Crippen LogP contribution in [-0.2, 0) is 13.6 Å². The van der Waals surface area contributed by atoms with Crippen molar-refractivity contribution in [2.75, 3.05) is 13.2 Å². The molecule has 8 atom stereocenters. The minimum Gasteiger partial charge on any atom is -0.303 e. The van der Waals surface area contributed by atoms with Crippen molar-refractivity contribution >= 4 is 7.60 Å². The van der Waals surface area contributed by atoms with E-state index in [-0.39, 0.29) is 0 Å². The highest BCUT2D eigenvalue weighted by molar-refractivity contribution is 7.58. The third kappa shape index (κ3) is 4.15. The lowest BCUT2D eigenvalue weighted by Gasteiger charge is -2.60. The SMILES string of the molecule is CC(C)CCC[C@@H](C)[C@H]1CCC2C3CCC4C=C(P5(=O)OCCO5)CC[C@]4(C)C3CC[C@@]21C. The van der Waals surface area contributed by atoms with Gasteiger partial charge in [0.2, 0.25) is 0 Å². The average Bonchev–Trinajstić information content (AvgIpc) is 3.36. The molecule has 0 amide bonds. The fraction of sp³-hybridized carbons (Fsp3) is 0.931. The van der Waals surface area contributed by atoms with Crippen LogP contribution in [0.4, 0.5) is 0 Å². The van der Waals surface area contributed by atoms with E-state index in [1.165, 1.54) is 64.2 Å². The zero-order chi connectivity index (χ0) is 23.4. The average molecular weight is 477 g/mol.